The van der Waals surface area contributed by atoms with Crippen molar-refractivity contribution in [2.24, 2.45) is 5.10 Å². The van der Waals surface area contributed by atoms with E-state index in [2.05, 4.69) is 20.7 Å². The third kappa shape index (κ3) is 3.55. The van der Waals surface area contributed by atoms with Crippen molar-refractivity contribution in [3.63, 3.8) is 0 Å². The molecule has 23 heavy (non-hydrogen) atoms. The summed E-state index contributed by atoms with van der Waals surface area (Å²) in [5, 5.41) is 10.7. The maximum atomic E-state index is 12.0. The molecule has 116 valence electrons. The molecule has 0 unspecified atom stereocenters. The molecule has 0 saturated carbocycles. The Labute approximate surface area is 133 Å². The molecule has 0 aliphatic heterocycles. The van der Waals surface area contributed by atoms with Crippen molar-refractivity contribution in [1.29, 1.82) is 0 Å². The smallest absolute Gasteiger partial charge is 0.289 e. The van der Waals surface area contributed by atoms with Gasteiger partial charge in [-0.1, -0.05) is 29.8 Å². The number of aromatic amines is 1. The summed E-state index contributed by atoms with van der Waals surface area (Å²) in [7, 11) is 0. The van der Waals surface area contributed by atoms with Crippen molar-refractivity contribution in [3.05, 3.63) is 65.2 Å². The molecule has 1 amide bonds. The third-order valence-corrected chi connectivity index (χ3v) is 3.29. The number of aromatic nitrogens is 2. The number of aryl methyl sites for hydroxylation is 2. The maximum absolute atomic E-state index is 12.0. The minimum Gasteiger partial charge on any atom is -0.460 e. The van der Waals surface area contributed by atoms with Gasteiger partial charge in [-0.2, -0.15) is 10.2 Å². The van der Waals surface area contributed by atoms with Crippen LogP contribution in [0.3, 0.4) is 0 Å². The van der Waals surface area contributed by atoms with E-state index in [4.69, 9.17) is 4.42 Å². The Morgan fingerprint density at radius 1 is 1.22 bits per heavy atom. The summed E-state index contributed by atoms with van der Waals surface area (Å²) in [4.78, 5) is 12.0. The lowest BCUT2D eigenvalue weighted by Crippen LogP contribution is -2.17. The van der Waals surface area contributed by atoms with Gasteiger partial charge in [-0.3, -0.25) is 9.89 Å². The van der Waals surface area contributed by atoms with Gasteiger partial charge >= 0.3 is 0 Å². The van der Waals surface area contributed by atoms with Crippen LogP contribution in [0.4, 0.5) is 0 Å². The molecule has 3 rings (SSSR count). The lowest BCUT2D eigenvalue weighted by atomic mass is 10.1. The number of carbonyl (C=O) groups excluding carboxylic acids is 1. The zero-order valence-corrected chi connectivity index (χ0v) is 12.8. The first kappa shape index (κ1) is 14.8. The van der Waals surface area contributed by atoms with Crippen LogP contribution in [0, 0.1) is 13.8 Å². The largest absolute Gasteiger partial charge is 0.460 e. The molecule has 6 nitrogen and oxygen atoms in total. The number of rotatable bonds is 4. The SMILES string of the molecule is Cc1ccc(-c2cc(C(=O)NN=Cc3ccc(C)o3)[nH]n2)cc1. The summed E-state index contributed by atoms with van der Waals surface area (Å²) in [5.41, 5.74) is 5.60. The summed E-state index contributed by atoms with van der Waals surface area (Å²) >= 11 is 0. The molecule has 2 aromatic heterocycles. The molecule has 0 radical (unpaired) electrons. The maximum Gasteiger partial charge on any atom is 0.289 e. The minimum absolute atomic E-state index is 0.341. The summed E-state index contributed by atoms with van der Waals surface area (Å²) in [6.07, 6.45) is 1.45. The fourth-order valence-corrected chi connectivity index (χ4v) is 2.05. The number of furan rings is 1. The van der Waals surface area contributed by atoms with Gasteiger partial charge in [0.1, 0.15) is 17.2 Å². The molecule has 3 aromatic rings. The van der Waals surface area contributed by atoms with E-state index in [0.717, 1.165) is 11.3 Å². The molecule has 0 atom stereocenters. The second-order valence-corrected chi connectivity index (χ2v) is 5.18. The van der Waals surface area contributed by atoms with Gasteiger partial charge < -0.3 is 4.42 Å². The van der Waals surface area contributed by atoms with E-state index in [1.807, 2.05) is 44.2 Å². The molecule has 0 fully saturated rings. The van der Waals surface area contributed by atoms with Crippen LogP contribution in [0.2, 0.25) is 0 Å². The fourth-order valence-electron chi connectivity index (χ4n) is 2.05. The molecule has 1 aromatic carbocycles. The van der Waals surface area contributed by atoms with E-state index in [0.29, 0.717) is 17.1 Å². The average molecular weight is 308 g/mol. The van der Waals surface area contributed by atoms with Crippen LogP contribution in [-0.2, 0) is 0 Å². The number of hydrazone groups is 1. The van der Waals surface area contributed by atoms with E-state index >= 15 is 0 Å². The lowest BCUT2D eigenvalue weighted by Gasteiger charge is -1.96. The second kappa shape index (κ2) is 6.31. The van der Waals surface area contributed by atoms with Crippen LogP contribution in [-0.4, -0.2) is 22.3 Å². The summed E-state index contributed by atoms with van der Waals surface area (Å²) < 4.78 is 5.32. The number of amides is 1. The van der Waals surface area contributed by atoms with Crippen molar-refractivity contribution in [3.8, 4) is 11.3 Å². The van der Waals surface area contributed by atoms with Crippen LogP contribution in [0.25, 0.3) is 11.3 Å². The predicted octanol–water partition coefficient (Wildman–Crippen LogP) is 3.05. The van der Waals surface area contributed by atoms with Gasteiger partial charge in [0.25, 0.3) is 5.91 Å². The highest BCUT2D eigenvalue weighted by Crippen LogP contribution is 2.18. The van der Waals surface area contributed by atoms with E-state index in [-0.39, 0.29) is 5.91 Å². The van der Waals surface area contributed by atoms with Crippen molar-refractivity contribution in [1.82, 2.24) is 15.6 Å². The zero-order valence-electron chi connectivity index (χ0n) is 12.8. The average Bonchev–Trinajstić information content (AvgIpc) is 3.17. The first-order valence-electron chi connectivity index (χ1n) is 7.14. The Kier molecular flexibility index (Phi) is 4.05. The highest BCUT2D eigenvalue weighted by Gasteiger charge is 2.10. The highest BCUT2D eigenvalue weighted by molar-refractivity contribution is 5.93. The van der Waals surface area contributed by atoms with Crippen LogP contribution in [0.5, 0.6) is 0 Å². The first-order valence-corrected chi connectivity index (χ1v) is 7.14. The monoisotopic (exact) mass is 308 g/mol. The van der Waals surface area contributed by atoms with Gasteiger partial charge in [-0.25, -0.2) is 5.43 Å². The van der Waals surface area contributed by atoms with Crippen LogP contribution in [0.1, 0.15) is 27.6 Å². The van der Waals surface area contributed by atoms with Crippen molar-refractivity contribution in [2.75, 3.05) is 0 Å². The molecule has 0 saturated heterocycles. The Morgan fingerprint density at radius 2 is 2.00 bits per heavy atom. The third-order valence-electron chi connectivity index (χ3n) is 3.29. The fraction of sp³-hybridized carbons (Fsp3) is 0.118. The number of nitrogens with one attached hydrogen (secondary N) is 2. The lowest BCUT2D eigenvalue weighted by molar-refractivity contribution is 0.0950. The molecule has 2 heterocycles. The van der Waals surface area contributed by atoms with Crippen molar-refractivity contribution >= 4 is 12.1 Å². The second-order valence-electron chi connectivity index (χ2n) is 5.18. The first-order chi connectivity index (χ1) is 11.1. The van der Waals surface area contributed by atoms with E-state index in [1.165, 1.54) is 11.8 Å². The standard InChI is InChI=1S/C17H16N4O2/c1-11-3-6-13(7-4-11)15-9-16(20-19-15)17(22)21-18-10-14-8-5-12(2)23-14/h3-10H,1-2H3,(H,19,20)(H,21,22). The number of hydrogen-bond donors (Lipinski definition) is 2. The molecule has 2 N–H and O–H groups in total. The summed E-state index contributed by atoms with van der Waals surface area (Å²) in [6.45, 7) is 3.86. The normalized spacial score (nSPS) is 11.0. The molecule has 0 aliphatic rings. The van der Waals surface area contributed by atoms with Gasteiger partial charge in [-0.05, 0) is 32.0 Å². The summed E-state index contributed by atoms with van der Waals surface area (Å²) in [5.74, 6) is 0.997. The molecule has 0 spiro atoms. The van der Waals surface area contributed by atoms with Gasteiger partial charge in [0, 0.05) is 5.56 Å². The van der Waals surface area contributed by atoms with E-state index in [9.17, 15) is 4.79 Å². The number of carbonyl (C=O) groups is 1. The number of hydrogen-bond acceptors (Lipinski definition) is 4. The van der Waals surface area contributed by atoms with Gasteiger partial charge in [-0.15, -0.1) is 0 Å². The molecular formula is C17H16N4O2. The van der Waals surface area contributed by atoms with Crippen LogP contribution < -0.4 is 5.43 Å². The Balaban J connectivity index is 1.66. The van der Waals surface area contributed by atoms with Gasteiger partial charge in [0.05, 0.1) is 11.9 Å². The molecular weight excluding hydrogens is 292 g/mol. The summed E-state index contributed by atoms with van der Waals surface area (Å²) in [6, 6.07) is 13.2. The quantitative estimate of drug-likeness (QED) is 0.574. The van der Waals surface area contributed by atoms with Crippen molar-refractivity contribution in [2.45, 2.75) is 13.8 Å². The van der Waals surface area contributed by atoms with Crippen molar-refractivity contribution < 1.29 is 9.21 Å². The predicted molar refractivity (Wildman–Crippen MR) is 87.3 cm³/mol. The van der Waals surface area contributed by atoms with Gasteiger partial charge in [0.2, 0.25) is 0 Å². The molecule has 0 aliphatic carbocycles. The van der Waals surface area contributed by atoms with Crippen LogP contribution >= 0.6 is 0 Å². The number of H-pyrrole nitrogens is 1. The Morgan fingerprint density at radius 3 is 2.70 bits per heavy atom. The number of benzene rings is 1. The topological polar surface area (TPSA) is 83.3 Å². The van der Waals surface area contributed by atoms with E-state index < -0.39 is 0 Å². The zero-order chi connectivity index (χ0) is 16.2. The Bertz CT molecular complexity index is 844. The molecule has 6 heteroatoms. The Hall–Kier alpha value is -3.15. The van der Waals surface area contributed by atoms with Crippen LogP contribution in [0.15, 0.2) is 52.0 Å². The highest BCUT2D eigenvalue weighted by atomic mass is 16.3. The van der Waals surface area contributed by atoms with Gasteiger partial charge in [0.15, 0.2) is 0 Å². The molecule has 0 bridgehead atoms. The van der Waals surface area contributed by atoms with E-state index in [1.54, 1.807) is 12.1 Å². The number of nitrogens with zero attached hydrogens (tertiary/aromatic N) is 2. The minimum atomic E-state index is -0.365.